The van der Waals surface area contributed by atoms with Crippen molar-refractivity contribution in [3.63, 3.8) is 0 Å². The fourth-order valence-corrected chi connectivity index (χ4v) is 3.73. The summed E-state index contributed by atoms with van der Waals surface area (Å²) in [5.41, 5.74) is -1.74. The van der Waals surface area contributed by atoms with Crippen molar-refractivity contribution in [1.29, 1.82) is 0 Å². The molecule has 188 valence electrons. The van der Waals surface area contributed by atoms with Crippen LogP contribution in [-0.2, 0) is 11.3 Å². The predicted octanol–water partition coefficient (Wildman–Crippen LogP) is 2.92. The van der Waals surface area contributed by atoms with Gasteiger partial charge in [0.05, 0.1) is 12.6 Å². The molecule has 0 radical (unpaired) electrons. The van der Waals surface area contributed by atoms with E-state index in [1.807, 2.05) is 5.32 Å². The first kappa shape index (κ1) is 26.6. The van der Waals surface area contributed by atoms with Crippen LogP contribution in [0.4, 0.5) is 0 Å². The standard InChI is InChI=1S/C24H21Cl2N3O7/c1-12(13-6-8-15(25)9-7-13)28-22(34)19-20(32)18(21(33)27-10-17(30)31)23(35)29(24(19)36)11-14-4-2-3-5-16(14)26/h2-9,12,32,35H,10-11H2,1H3,(H,27,33)(H,28,34)(H,30,31)/t12-/m1/s1. The fourth-order valence-electron chi connectivity index (χ4n) is 3.40. The Bertz CT molecular complexity index is 1390. The van der Waals surface area contributed by atoms with Gasteiger partial charge in [0.2, 0.25) is 5.88 Å². The molecule has 0 unspecified atom stereocenters. The summed E-state index contributed by atoms with van der Waals surface area (Å²) in [6.45, 7) is 0.439. The maximum atomic E-state index is 13.3. The molecule has 2 aromatic carbocycles. The first-order valence-corrected chi connectivity index (χ1v) is 11.2. The van der Waals surface area contributed by atoms with E-state index in [9.17, 15) is 29.4 Å². The molecule has 0 saturated heterocycles. The molecule has 0 fully saturated rings. The van der Waals surface area contributed by atoms with Crippen LogP contribution >= 0.6 is 23.2 Å². The second-order valence-electron chi connectivity index (χ2n) is 7.73. The molecule has 5 N–H and O–H groups in total. The third kappa shape index (κ3) is 5.78. The van der Waals surface area contributed by atoms with Gasteiger partial charge >= 0.3 is 5.97 Å². The molecular formula is C24H21Cl2N3O7. The maximum Gasteiger partial charge on any atom is 0.322 e. The van der Waals surface area contributed by atoms with Crippen LogP contribution in [0, 0.1) is 0 Å². The number of hydrogen-bond acceptors (Lipinski definition) is 6. The smallest absolute Gasteiger partial charge is 0.322 e. The molecule has 3 rings (SSSR count). The van der Waals surface area contributed by atoms with E-state index in [0.717, 1.165) is 0 Å². The summed E-state index contributed by atoms with van der Waals surface area (Å²) in [5.74, 6) is -5.69. The number of rotatable bonds is 8. The molecule has 1 heterocycles. The minimum absolute atomic E-state index is 0.246. The lowest BCUT2D eigenvalue weighted by Crippen LogP contribution is -2.37. The Morgan fingerprint density at radius 1 is 0.972 bits per heavy atom. The van der Waals surface area contributed by atoms with Crippen molar-refractivity contribution >= 4 is 41.0 Å². The predicted molar refractivity (Wildman–Crippen MR) is 132 cm³/mol. The van der Waals surface area contributed by atoms with Crippen LogP contribution in [0.2, 0.25) is 10.0 Å². The van der Waals surface area contributed by atoms with Crippen LogP contribution < -0.4 is 16.2 Å². The number of carboxylic acids is 1. The number of benzene rings is 2. The number of nitrogens with one attached hydrogen (secondary N) is 2. The Morgan fingerprint density at radius 2 is 1.61 bits per heavy atom. The van der Waals surface area contributed by atoms with E-state index in [1.54, 1.807) is 55.5 Å². The van der Waals surface area contributed by atoms with E-state index in [1.165, 1.54) is 0 Å². The number of aromatic nitrogens is 1. The number of carbonyl (C=O) groups is 3. The van der Waals surface area contributed by atoms with Crippen molar-refractivity contribution in [2.24, 2.45) is 0 Å². The molecule has 10 nitrogen and oxygen atoms in total. The summed E-state index contributed by atoms with van der Waals surface area (Å²) >= 11 is 12.1. The molecule has 2 amide bonds. The van der Waals surface area contributed by atoms with Gasteiger partial charge in [-0.2, -0.15) is 0 Å². The van der Waals surface area contributed by atoms with Gasteiger partial charge in [-0.1, -0.05) is 53.5 Å². The summed E-state index contributed by atoms with van der Waals surface area (Å²) in [5, 5.41) is 35.6. The Kier molecular flexibility index (Phi) is 8.23. The summed E-state index contributed by atoms with van der Waals surface area (Å²) in [4.78, 5) is 49.9. The topological polar surface area (TPSA) is 158 Å². The van der Waals surface area contributed by atoms with Crippen LogP contribution in [-0.4, -0.2) is 44.2 Å². The van der Waals surface area contributed by atoms with Crippen LogP contribution in [0.15, 0.2) is 53.3 Å². The lowest BCUT2D eigenvalue weighted by Gasteiger charge is -2.19. The van der Waals surface area contributed by atoms with Gasteiger partial charge in [0.1, 0.15) is 17.7 Å². The Hall–Kier alpha value is -4.02. The molecule has 1 aromatic heterocycles. The minimum atomic E-state index is -1.39. The molecule has 0 aliphatic rings. The van der Waals surface area contributed by atoms with Gasteiger partial charge < -0.3 is 26.0 Å². The lowest BCUT2D eigenvalue weighted by atomic mass is 10.1. The van der Waals surface area contributed by atoms with E-state index >= 15 is 0 Å². The number of aromatic hydroxyl groups is 2. The highest BCUT2D eigenvalue weighted by atomic mass is 35.5. The lowest BCUT2D eigenvalue weighted by molar-refractivity contribution is -0.135. The quantitative estimate of drug-likeness (QED) is 0.297. The number of amides is 2. The van der Waals surface area contributed by atoms with Gasteiger partial charge in [0.15, 0.2) is 5.75 Å². The number of hydrogen-bond donors (Lipinski definition) is 5. The molecule has 0 aliphatic carbocycles. The Labute approximate surface area is 214 Å². The number of pyridine rings is 1. The number of nitrogens with zero attached hydrogens (tertiary/aromatic N) is 1. The highest BCUT2D eigenvalue weighted by Crippen LogP contribution is 2.30. The summed E-state index contributed by atoms with van der Waals surface area (Å²) in [6.07, 6.45) is 0. The largest absolute Gasteiger partial charge is 0.506 e. The zero-order chi connectivity index (χ0) is 26.6. The zero-order valence-electron chi connectivity index (χ0n) is 18.8. The van der Waals surface area contributed by atoms with E-state index in [4.69, 9.17) is 28.3 Å². The first-order valence-electron chi connectivity index (χ1n) is 10.5. The van der Waals surface area contributed by atoms with E-state index < -0.39 is 58.7 Å². The third-order valence-electron chi connectivity index (χ3n) is 5.27. The van der Waals surface area contributed by atoms with E-state index in [2.05, 4.69) is 5.32 Å². The van der Waals surface area contributed by atoms with Crippen LogP contribution in [0.1, 0.15) is 44.8 Å². The molecule has 0 saturated carbocycles. The molecule has 1 atom stereocenters. The Balaban J connectivity index is 2.11. The van der Waals surface area contributed by atoms with Crippen molar-refractivity contribution < 1.29 is 29.7 Å². The molecule has 0 aliphatic heterocycles. The van der Waals surface area contributed by atoms with E-state index in [0.29, 0.717) is 20.7 Å². The van der Waals surface area contributed by atoms with Crippen molar-refractivity contribution in [1.82, 2.24) is 15.2 Å². The number of carbonyl (C=O) groups excluding carboxylic acids is 2. The third-order valence-corrected chi connectivity index (χ3v) is 5.89. The highest BCUT2D eigenvalue weighted by Gasteiger charge is 2.30. The highest BCUT2D eigenvalue weighted by molar-refractivity contribution is 6.31. The summed E-state index contributed by atoms with van der Waals surface area (Å²) in [7, 11) is 0. The maximum absolute atomic E-state index is 13.3. The average Bonchev–Trinajstić information content (AvgIpc) is 2.82. The van der Waals surface area contributed by atoms with Gasteiger partial charge in [0, 0.05) is 10.0 Å². The van der Waals surface area contributed by atoms with Crippen LogP contribution in [0.5, 0.6) is 11.6 Å². The molecule has 0 bridgehead atoms. The van der Waals surface area contributed by atoms with Crippen molar-refractivity contribution in [3.05, 3.63) is 91.2 Å². The van der Waals surface area contributed by atoms with Gasteiger partial charge in [-0.3, -0.25) is 23.7 Å². The minimum Gasteiger partial charge on any atom is -0.506 e. The number of carboxylic acid groups (broad SMARTS) is 1. The van der Waals surface area contributed by atoms with Crippen LogP contribution in [0.25, 0.3) is 0 Å². The van der Waals surface area contributed by atoms with Gasteiger partial charge in [-0.15, -0.1) is 0 Å². The monoisotopic (exact) mass is 533 g/mol. The Morgan fingerprint density at radius 3 is 2.22 bits per heavy atom. The zero-order valence-corrected chi connectivity index (χ0v) is 20.3. The molecule has 3 aromatic rings. The van der Waals surface area contributed by atoms with Crippen molar-refractivity contribution in [2.45, 2.75) is 19.5 Å². The number of aliphatic carboxylic acids is 1. The number of halogens is 2. The fraction of sp³-hybridized carbons (Fsp3) is 0.167. The molecule has 12 heteroatoms. The summed E-state index contributed by atoms with van der Waals surface area (Å²) in [6, 6.07) is 12.3. The SMILES string of the molecule is C[C@@H](NC(=O)c1c(O)c(C(=O)NCC(=O)O)c(O)n(Cc2ccccc2Cl)c1=O)c1ccc(Cl)cc1. The van der Waals surface area contributed by atoms with Crippen molar-refractivity contribution in [2.75, 3.05) is 6.54 Å². The van der Waals surface area contributed by atoms with E-state index in [-0.39, 0.29) is 11.6 Å². The second-order valence-corrected chi connectivity index (χ2v) is 8.57. The molecule has 36 heavy (non-hydrogen) atoms. The molecule has 0 spiro atoms. The van der Waals surface area contributed by atoms with Gasteiger partial charge in [-0.05, 0) is 36.2 Å². The van der Waals surface area contributed by atoms with Gasteiger partial charge in [-0.25, -0.2) is 0 Å². The van der Waals surface area contributed by atoms with Gasteiger partial charge in [0.25, 0.3) is 17.4 Å². The molecular weight excluding hydrogens is 513 g/mol. The first-order chi connectivity index (χ1) is 17.0. The summed E-state index contributed by atoms with van der Waals surface area (Å²) < 4.78 is 0.693. The second kappa shape index (κ2) is 11.1. The normalized spacial score (nSPS) is 11.5. The average molecular weight is 534 g/mol. The van der Waals surface area contributed by atoms with Crippen LogP contribution in [0.3, 0.4) is 0 Å². The van der Waals surface area contributed by atoms with Crippen molar-refractivity contribution in [3.8, 4) is 11.6 Å².